The molecule has 1 heterocycles. The molecule has 0 radical (unpaired) electrons. The molecule has 0 saturated heterocycles. The zero-order valence-corrected chi connectivity index (χ0v) is 5.84. The van der Waals surface area contributed by atoms with E-state index in [4.69, 9.17) is 0 Å². The highest BCUT2D eigenvalue weighted by atomic mass is 16.2. The molecule has 0 aliphatic rings. The molecule has 1 N–H and O–H groups in total. The van der Waals surface area contributed by atoms with Gasteiger partial charge in [-0.25, -0.2) is 4.79 Å². The van der Waals surface area contributed by atoms with Gasteiger partial charge in [-0.15, -0.1) is 0 Å². The van der Waals surface area contributed by atoms with Gasteiger partial charge in [-0.2, -0.15) is 0 Å². The first-order valence-electron chi connectivity index (χ1n) is 2.88. The van der Waals surface area contributed by atoms with Crippen LogP contribution < -0.4 is 11.2 Å². The minimum Gasteiger partial charge on any atom is -0.303 e. The molecular weight excluding hydrogens is 132 g/mol. The van der Waals surface area contributed by atoms with Gasteiger partial charge in [-0.1, -0.05) is 0 Å². The van der Waals surface area contributed by atoms with Crippen LogP contribution in [0.25, 0.3) is 0 Å². The first-order valence-corrected chi connectivity index (χ1v) is 2.88. The lowest BCUT2D eigenvalue weighted by Gasteiger charge is -1.94. The van der Waals surface area contributed by atoms with E-state index in [1.54, 1.807) is 14.0 Å². The Bertz CT molecular complexity index is 321. The van der Waals surface area contributed by atoms with Gasteiger partial charge in [-0.05, 0) is 6.92 Å². The zero-order valence-electron chi connectivity index (χ0n) is 5.84. The summed E-state index contributed by atoms with van der Waals surface area (Å²) in [4.78, 5) is 23.6. The second-order valence-corrected chi connectivity index (χ2v) is 2.18. The number of nitrogens with zero attached hydrogens (tertiary/aromatic N) is 1. The average molecular weight is 142 g/mol. The van der Waals surface area contributed by atoms with Crippen molar-refractivity contribution in [2.75, 3.05) is 0 Å². The fraction of sp³-hybridized carbons (Fsp3) is 0.333. The highest BCUT2D eigenvalue weighted by Crippen LogP contribution is 1.77. The van der Waals surface area contributed by atoms with E-state index in [0.29, 0.717) is 5.56 Å². The van der Waals surface area contributed by atoms with Crippen LogP contribution in [-0.2, 0) is 7.05 Å². The third-order valence-electron chi connectivity index (χ3n) is 1.29. The third kappa shape index (κ3) is 1.00. The topological polar surface area (TPSA) is 54.9 Å². The Morgan fingerprint density at radius 1 is 1.60 bits per heavy atom. The number of aryl methyl sites for hydroxylation is 2. The number of hydrogen-bond acceptors (Lipinski definition) is 2. The van der Waals surface area contributed by atoms with Crippen molar-refractivity contribution in [3.05, 3.63) is 32.6 Å². The van der Waals surface area contributed by atoms with E-state index in [1.807, 2.05) is 0 Å². The quantitative estimate of drug-likeness (QED) is 0.537. The smallest absolute Gasteiger partial charge is 0.303 e. The normalized spacial score (nSPS) is 9.80. The summed E-state index contributed by atoms with van der Waals surface area (Å²) in [7, 11) is 1.59. The summed E-state index contributed by atoms with van der Waals surface area (Å²) in [5.74, 6) is 0. The van der Waals surface area contributed by atoms with Crippen LogP contribution in [0, 0.1) is 6.92 Å². The first-order chi connectivity index (χ1) is 4.61. The van der Waals surface area contributed by atoms with Gasteiger partial charge in [-0.3, -0.25) is 9.78 Å². The van der Waals surface area contributed by atoms with Crippen molar-refractivity contribution in [3.63, 3.8) is 0 Å². The summed E-state index contributed by atoms with van der Waals surface area (Å²) in [6, 6.07) is 0. The van der Waals surface area contributed by atoms with Crippen LogP contribution >= 0.6 is 0 Å². The Kier molecular flexibility index (Phi) is 1.45. The minimum absolute atomic E-state index is 0. The van der Waals surface area contributed by atoms with Gasteiger partial charge in [0.1, 0.15) is 0 Å². The second-order valence-electron chi connectivity index (χ2n) is 2.18. The standard InChI is InChI=1S/C6H8N2O2.H2/c1-4-3-8(2)6(10)7-5(4)9;/h3H,1-2H3,(H,7,9,10);1H. The van der Waals surface area contributed by atoms with E-state index in [1.165, 1.54) is 10.8 Å². The molecular formula is C6H10N2O2. The molecule has 1 aromatic rings. The van der Waals surface area contributed by atoms with Gasteiger partial charge in [0.2, 0.25) is 0 Å². The molecule has 0 spiro atoms. The highest BCUT2D eigenvalue weighted by molar-refractivity contribution is 4.99. The summed E-state index contributed by atoms with van der Waals surface area (Å²) in [6.07, 6.45) is 1.50. The number of H-pyrrole nitrogens is 1. The van der Waals surface area contributed by atoms with Crippen LogP contribution in [0.4, 0.5) is 0 Å². The van der Waals surface area contributed by atoms with Crippen molar-refractivity contribution in [2.24, 2.45) is 7.05 Å². The summed E-state index contributed by atoms with van der Waals surface area (Å²) in [6.45, 7) is 1.65. The Hall–Kier alpha value is -1.32. The molecule has 10 heavy (non-hydrogen) atoms. The van der Waals surface area contributed by atoms with Crippen LogP contribution in [0.1, 0.15) is 6.99 Å². The molecule has 1 aromatic heterocycles. The van der Waals surface area contributed by atoms with Crippen LogP contribution in [0.5, 0.6) is 0 Å². The summed E-state index contributed by atoms with van der Waals surface area (Å²) >= 11 is 0. The van der Waals surface area contributed by atoms with E-state index in [9.17, 15) is 9.59 Å². The first kappa shape index (κ1) is 6.80. The van der Waals surface area contributed by atoms with E-state index >= 15 is 0 Å². The second kappa shape index (κ2) is 2.13. The molecule has 0 aliphatic carbocycles. The molecule has 56 valence electrons. The van der Waals surface area contributed by atoms with E-state index in [2.05, 4.69) is 4.98 Å². The monoisotopic (exact) mass is 142 g/mol. The number of nitrogens with one attached hydrogen (secondary N) is 1. The third-order valence-corrected chi connectivity index (χ3v) is 1.29. The predicted molar refractivity (Wildman–Crippen MR) is 39.2 cm³/mol. The molecule has 0 aliphatic heterocycles. The van der Waals surface area contributed by atoms with Crippen molar-refractivity contribution in [1.82, 2.24) is 9.55 Å². The fourth-order valence-electron chi connectivity index (χ4n) is 0.692. The van der Waals surface area contributed by atoms with Crippen molar-refractivity contribution in [3.8, 4) is 0 Å². The van der Waals surface area contributed by atoms with Crippen molar-refractivity contribution < 1.29 is 1.43 Å². The van der Waals surface area contributed by atoms with Crippen molar-refractivity contribution >= 4 is 0 Å². The fourth-order valence-corrected chi connectivity index (χ4v) is 0.692. The SMILES string of the molecule is Cc1cn(C)c(=O)[nH]c1=O.[HH]. The maximum absolute atomic E-state index is 10.7. The lowest BCUT2D eigenvalue weighted by atomic mass is 10.4. The largest absolute Gasteiger partial charge is 0.328 e. The molecule has 0 saturated carbocycles. The van der Waals surface area contributed by atoms with E-state index in [0.717, 1.165) is 0 Å². The molecule has 0 amide bonds. The lowest BCUT2D eigenvalue weighted by molar-refractivity contribution is 0.789. The summed E-state index contributed by atoms with van der Waals surface area (Å²) in [5, 5.41) is 0. The Morgan fingerprint density at radius 3 is 2.70 bits per heavy atom. The number of aromatic amines is 1. The summed E-state index contributed by atoms with van der Waals surface area (Å²) in [5.41, 5.74) is -0.152. The van der Waals surface area contributed by atoms with Gasteiger partial charge in [0.05, 0.1) is 0 Å². The lowest BCUT2D eigenvalue weighted by Crippen LogP contribution is -2.28. The Balaban J connectivity index is 0.000001000. The molecule has 1 rings (SSSR count). The van der Waals surface area contributed by atoms with Crippen LogP contribution in [0.2, 0.25) is 0 Å². The van der Waals surface area contributed by atoms with Crippen LogP contribution in [0.15, 0.2) is 15.8 Å². The molecule has 4 nitrogen and oxygen atoms in total. The Labute approximate surface area is 58.6 Å². The maximum Gasteiger partial charge on any atom is 0.328 e. The number of rotatable bonds is 0. The maximum atomic E-state index is 10.7. The van der Waals surface area contributed by atoms with Crippen LogP contribution in [0.3, 0.4) is 0 Å². The van der Waals surface area contributed by atoms with E-state index in [-0.39, 0.29) is 12.7 Å². The average Bonchev–Trinajstić information content (AvgIpc) is 1.84. The van der Waals surface area contributed by atoms with Gasteiger partial charge in [0.25, 0.3) is 5.56 Å². The van der Waals surface area contributed by atoms with Gasteiger partial charge in [0, 0.05) is 20.2 Å². The molecule has 4 heteroatoms. The molecule has 0 bridgehead atoms. The van der Waals surface area contributed by atoms with E-state index < -0.39 is 0 Å². The van der Waals surface area contributed by atoms with Gasteiger partial charge < -0.3 is 4.57 Å². The minimum atomic E-state index is -0.379. The zero-order chi connectivity index (χ0) is 7.72. The molecule has 0 fully saturated rings. The van der Waals surface area contributed by atoms with Crippen molar-refractivity contribution in [2.45, 2.75) is 6.92 Å². The Morgan fingerprint density at radius 2 is 2.20 bits per heavy atom. The van der Waals surface area contributed by atoms with Gasteiger partial charge in [0.15, 0.2) is 0 Å². The van der Waals surface area contributed by atoms with Crippen molar-refractivity contribution in [1.29, 1.82) is 0 Å². The highest BCUT2D eigenvalue weighted by Gasteiger charge is 1.93. The van der Waals surface area contributed by atoms with Crippen LogP contribution in [-0.4, -0.2) is 9.55 Å². The predicted octanol–water partition coefficient (Wildman–Crippen LogP) is -0.372. The number of aromatic nitrogens is 2. The summed E-state index contributed by atoms with van der Waals surface area (Å²) < 4.78 is 1.33. The molecule has 0 atom stereocenters. The molecule has 0 unspecified atom stereocenters. The number of hydrogen-bond donors (Lipinski definition) is 1. The molecule has 0 aromatic carbocycles. The van der Waals surface area contributed by atoms with Gasteiger partial charge >= 0.3 is 5.69 Å².